The Bertz CT molecular complexity index is 256. The topological polar surface area (TPSA) is 58.4 Å². The van der Waals surface area contributed by atoms with Crippen molar-refractivity contribution in [3.63, 3.8) is 0 Å². The number of amides is 1. The van der Waals surface area contributed by atoms with Gasteiger partial charge in [-0.1, -0.05) is 6.92 Å². The Morgan fingerprint density at radius 3 is 2.28 bits per heavy atom. The molecular weight excluding hydrogens is 247 g/mol. The van der Waals surface area contributed by atoms with Crippen LogP contribution >= 0.6 is 0 Å². The van der Waals surface area contributed by atoms with Crippen LogP contribution < -0.4 is 11.1 Å². The molecule has 0 aromatic carbocycles. The van der Waals surface area contributed by atoms with Gasteiger partial charge in [0.05, 0.1) is 12.6 Å². The van der Waals surface area contributed by atoms with E-state index in [1.54, 1.807) is 13.8 Å². The van der Waals surface area contributed by atoms with Crippen LogP contribution in [0.3, 0.4) is 0 Å². The summed E-state index contributed by atoms with van der Waals surface area (Å²) in [4.78, 5) is 12.4. The van der Waals surface area contributed by atoms with Gasteiger partial charge in [0.15, 0.2) is 0 Å². The van der Waals surface area contributed by atoms with Crippen LogP contribution in [-0.2, 0) is 4.79 Å². The molecule has 7 heteroatoms. The Kier molecular flexibility index (Phi) is 7.23. The van der Waals surface area contributed by atoms with Crippen molar-refractivity contribution < 1.29 is 18.0 Å². The van der Waals surface area contributed by atoms with Crippen molar-refractivity contribution in [2.45, 2.75) is 45.5 Å². The summed E-state index contributed by atoms with van der Waals surface area (Å²) in [5, 5.41) is 2.86. The number of nitrogens with two attached hydrogens (primary N) is 1. The normalized spacial score (nSPS) is 14.2. The van der Waals surface area contributed by atoms with Gasteiger partial charge in [0.1, 0.15) is 0 Å². The first-order valence-electron chi connectivity index (χ1n) is 6.00. The third-order valence-corrected chi connectivity index (χ3v) is 2.61. The fourth-order valence-electron chi connectivity index (χ4n) is 1.64. The monoisotopic (exact) mass is 269 g/mol. The number of carbonyl (C=O) groups excluding carboxylic acids is 1. The van der Waals surface area contributed by atoms with E-state index in [1.165, 1.54) is 4.90 Å². The molecule has 0 aliphatic heterocycles. The summed E-state index contributed by atoms with van der Waals surface area (Å²) >= 11 is 0. The van der Waals surface area contributed by atoms with Crippen molar-refractivity contribution in [3.05, 3.63) is 0 Å². The van der Waals surface area contributed by atoms with E-state index in [2.05, 4.69) is 5.32 Å². The van der Waals surface area contributed by atoms with Gasteiger partial charge in [-0.3, -0.25) is 9.69 Å². The first-order valence-corrected chi connectivity index (χ1v) is 6.00. The van der Waals surface area contributed by atoms with Crippen LogP contribution in [0.15, 0.2) is 0 Å². The van der Waals surface area contributed by atoms with Gasteiger partial charge < -0.3 is 11.1 Å². The molecule has 0 bridgehead atoms. The van der Waals surface area contributed by atoms with Crippen LogP contribution in [0.2, 0.25) is 0 Å². The number of primary amides is 1. The maximum Gasteiger partial charge on any atom is 0.401 e. The third-order valence-electron chi connectivity index (χ3n) is 2.61. The predicted octanol–water partition coefficient (Wildman–Crippen LogP) is 1.11. The van der Waals surface area contributed by atoms with Crippen LogP contribution in [0.4, 0.5) is 13.2 Å². The molecule has 1 atom stereocenters. The molecule has 4 nitrogen and oxygen atoms in total. The number of nitrogens with one attached hydrogen (secondary N) is 1. The molecule has 18 heavy (non-hydrogen) atoms. The Morgan fingerprint density at radius 1 is 1.39 bits per heavy atom. The molecule has 0 radical (unpaired) electrons. The van der Waals surface area contributed by atoms with Crippen molar-refractivity contribution in [2.24, 2.45) is 5.73 Å². The number of carbonyl (C=O) groups is 1. The number of alkyl halides is 3. The van der Waals surface area contributed by atoms with E-state index in [1.807, 2.05) is 6.92 Å². The van der Waals surface area contributed by atoms with E-state index < -0.39 is 24.7 Å². The zero-order valence-corrected chi connectivity index (χ0v) is 11.0. The van der Waals surface area contributed by atoms with E-state index in [0.717, 1.165) is 0 Å². The second-order valence-electron chi connectivity index (χ2n) is 4.48. The second kappa shape index (κ2) is 7.58. The fraction of sp³-hybridized carbons (Fsp3) is 0.909. The summed E-state index contributed by atoms with van der Waals surface area (Å²) in [6.07, 6.45) is -3.96. The van der Waals surface area contributed by atoms with Crippen molar-refractivity contribution in [1.29, 1.82) is 0 Å². The van der Waals surface area contributed by atoms with Gasteiger partial charge in [-0.25, -0.2) is 0 Å². The number of nitrogens with zero attached hydrogens (tertiary/aromatic N) is 1. The van der Waals surface area contributed by atoms with Gasteiger partial charge in [-0.2, -0.15) is 13.2 Å². The van der Waals surface area contributed by atoms with Gasteiger partial charge in [-0.05, 0) is 26.8 Å². The first-order chi connectivity index (χ1) is 8.17. The minimum atomic E-state index is -4.23. The molecule has 0 fully saturated rings. The molecule has 0 heterocycles. The predicted molar refractivity (Wildman–Crippen MR) is 64.0 cm³/mol. The van der Waals surface area contributed by atoms with Crippen LogP contribution in [0, 0.1) is 0 Å². The van der Waals surface area contributed by atoms with Gasteiger partial charge in [0.2, 0.25) is 5.91 Å². The summed E-state index contributed by atoms with van der Waals surface area (Å²) in [5.74, 6) is -0.535. The van der Waals surface area contributed by atoms with E-state index in [4.69, 9.17) is 5.73 Å². The van der Waals surface area contributed by atoms with Gasteiger partial charge in [0, 0.05) is 12.6 Å². The minimum Gasteiger partial charge on any atom is -0.368 e. The Balaban J connectivity index is 4.37. The Morgan fingerprint density at radius 2 is 1.94 bits per heavy atom. The number of hydrogen-bond donors (Lipinski definition) is 2. The highest BCUT2D eigenvalue weighted by atomic mass is 19.4. The Hall–Kier alpha value is -0.820. The molecule has 0 saturated heterocycles. The summed E-state index contributed by atoms with van der Waals surface area (Å²) < 4.78 is 37.0. The molecule has 3 N–H and O–H groups in total. The molecule has 0 saturated carbocycles. The van der Waals surface area contributed by atoms with Crippen LogP contribution in [0.25, 0.3) is 0 Å². The molecule has 0 aromatic heterocycles. The smallest absolute Gasteiger partial charge is 0.368 e. The largest absolute Gasteiger partial charge is 0.401 e. The summed E-state index contributed by atoms with van der Waals surface area (Å²) in [7, 11) is 0. The molecule has 0 aliphatic carbocycles. The van der Waals surface area contributed by atoms with E-state index in [9.17, 15) is 18.0 Å². The second-order valence-corrected chi connectivity index (χ2v) is 4.48. The molecule has 0 aromatic rings. The highest BCUT2D eigenvalue weighted by Gasteiger charge is 2.32. The molecule has 0 aliphatic rings. The summed E-state index contributed by atoms with van der Waals surface area (Å²) in [5.41, 5.74) is 5.17. The van der Waals surface area contributed by atoms with E-state index >= 15 is 0 Å². The molecule has 1 unspecified atom stereocenters. The lowest BCUT2D eigenvalue weighted by molar-refractivity contribution is -0.149. The van der Waals surface area contributed by atoms with Gasteiger partial charge in [0.25, 0.3) is 0 Å². The van der Waals surface area contributed by atoms with E-state index in [0.29, 0.717) is 6.54 Å². The quantitative estimate of drug-likeness (QED) is 0.694. The highest BCUT2D eigenvalue weighted by molar-refractivity contribution is 5.79. The number of hydrogen-bond acceptors (Lipinski definition) is 3. The molecule has 108 valence electrons. The third kappa shape index (κ3) is 7.50. The van der Waals surface area contributed by atoms with E-state index in [-0.39, 0.29) is 19.0 Å². The summed E-state index contributed by atoms with van der Waals surface area (Å²) in [6.45, 7) is 4.96. The van der Waals surface area contributed by atoms with Crippen LogP contribution in [-0.4, -0.2) is 48.7 Å². The number of likely N-dealkylation sites (N-methyl/N-ethyl adjacent to an activating group) is 1. The lowest BCUT2D eigenvalue weighted by atomic mass is 10.1. The summed E-state index contributed by atoms with van der Waals surface area (Å²) in [6, 6.07) is -0.814. The SMILES string of the molecule is CCNC(CCN(CC(F)(F)F)C(C)C)C(N)=O. The van der Waals surface area contributed by atoms with Crippen molar-refractivity contribution >= 4 is 5.91 Å². The average Bonchev–Trinajstić information content (AvgIpc) is 2.19. The van der Waals surface area contributed by atoms with Crippen molar-refractivity contribution in [3.8, 4) is 0 Å². The maximum absolute atomic E-state index is 12.3. The lowest BCUT2D eigenvalue weighted by Crippen LogP contribution is -2.46. The maximum atomic E-state index is 12.3. The standard InChI is InChI=1S/C11H22F3N3O/c1-4-16-9(10(15)18)5-6-17(8(2)3)7-11(12,13)14/h8-9,16H,4-7H2,1-3H3,(H2,15,18). The molecular formula is C11H22F3N3O. The number of halogens is 3. The first kappa shape index (κ1) is 17.2. The average molecular weight is 269 g/mol. The van der Waals surface area contributed by atoms with Crippen molar-refractivity contribution in [1.82, 2.24) is 10.2 Å². The van der Waals surface area contributed by atoms with Crippen molar-refractivity contribution in [2.75, 3.05) is 19.6 Å². The van der Waals surface area contributed by atoms with Crippen LogP contribution in [0.1, 0.15) is 27.2 Å². The molecule has 0 rings (SSSR count). The van der Waals surface area contributed by atoms with Gasteiger partial charge >= 0.3 is 6.18 Å². The molecule has 1 amide bonds. The number of rotatable bonds is 8. The van der Waals surface area contributed by atoms with Crippen LogP contribution in [0.5, 0.6) is 0 Å². The Labute approximate surface area is 106 Å². The zero-order chi connectivity index (χ0) is 14.3. The van der Waals surface area contributed by atoms with Gasteiger partial charge in [-0.15, -0.1) is 0 Å². The lowest BCUT2D eigenvalue weighted by Gasteiger charge is -2.28. The fourth-order valence-corrected chi connectivity index (χ4v) is 1.64. The zero-order valence-electron chi connectivity index (χ0n) is 11.0. The highest BCUT2D eigenvalue weighted by Crippen LogP contribution is 2.18. The minimum absolute atomic E-state index is 0.178. The molecule has 0 spiro atoms.